The van der Waals surface area contributed by atoms with E-state index in [1.807, 2.05) is 23.8 Å². The molecule has 1 heterocycles. The van der Waals surface area contributed by atoms with E-state index in [0.717, 1.165) is 12.4 Å². The van der Waals surface area contributed by atoms with Crippen molar-refractivity contribution in [3.8, 4) is 11.8 Å². The molecule has 0 N–H and O–H groups in total. The van der Waals surface area contributed by atoms with Crippen LogP contribution in [-0.2, 0) is 13.2 Å². The first-order chi connectivity index (χ1) is 8.76. The van der Waals surface area contributed by atoms with Crippen LogP contribution < -0.4 is 4.74 Å². The van der Waals surface area contributed by atoms with Crippen LogP contribution in [0.15, 0.2) is 30.6 Å². The number of benzene rings is 1. The number of aryl methyl sites for hydroxylation is 1. The van der Waals surface area contributed by atoms with Gasteiger partial charge < -0.3 is 9.30 Å². The molecule has 0 saturated carbocycles. The van der Waals surface area contributed by atoms with Gasteiger partial charge in [-0.2, -0.15) is 5.26 Å². The van der Waals surface area contributed by atoms with Crippen molar-refractivity contribution in [2.75, 3.05) is 0 Å². The van der Waals surface area contributed by atoms with Crippen LogP contribution in [0.3, 0.4) is 0 Å². The predicted molar refractivity (Wildman–Crippen MR) is 68.4 cm³/mol. The highest BCUT2D eigenvalue weighted by Gasteiger charge is 2.09. The van der Waals surface area contributed by atoms with Gasteiger partial charge in [-0.1, -0.05) is 17.7 Å². The topological polar surface area (TPSA) is 50.8 Å². The summed E-state index contributed by atoms with van der Waals surface area (Å²) < 4.78 is 7.59. The van der Waals surface area contributed by atoms with E-state index in [1.165, 1.54) is 0 Å². The summed E-state index contributed by atoms with van der Waals surface area (Å²) in [6, 6.07) is 7.19. The summed E-state index contributed by atoms with van der Waals surface area (Å²) in [4.78, 5) is 4.20. The minimum Gasteiger partial charge on any atom is -0.484 e. The lowest BCUT2D eigenvalue weighted by Gasteiger charge is -2.09. The first kappa shape index (κ1) is 12.5. The highest BCUT2D eigenvalue weighted by Crippen LogP contribution is 2.25. The Morgan fingerprint density at radius 3 is 3.06 bits per heavy atom. The van der Waals surface area contributed by atoms with Crippen molar-refractivity contribution in [3.63, 3.8) is 0 Å². The zero-order chi connectivity index (χ0) is 13.0. The van der Waals surface area contributed by atoms with E-state index in [4.69, 9.17) is 21.6 Å². The Labute approximate surface area is 110 Å². The van der Waals surface area contributed by atoms with Gasteiger partial charge in [0.25, 0.3) is 0 Å². The maximum absolute atomic E-state index is 9.02. The molecule has 0 aliphatic rings. The Kier molecular flexibility index (Phi) is 3.85. The standard InChI is InChI=1S/C13H12ClN3O/c1-2-17-7-6-16-13(17)9-18-12-5-3-4-11(14)10(12)8-15/h3-7H,2,9H2,1H3. The van der Waals surface area contributed by atoms with E-state index in [0.29, 0.717) is 22.9 Å². The molecule has 1 aromatic carbocycles. The fourth-order valence-corrected chi connectivity index (χ4v) is 1.85. The lowest BCUT2D eigenvalue weighted by Crippen LogP contribution is -2.06. The van der Waals surface area contributed by atoms with Gasteiger partial charge in [-0.05, 0) is 19.1 Å². The van der Waals surface area contributed by atoms with Crippen LogP contribution in [0, 0.1) is 11.3 Å². The van der Waals surface area contributed by atoms with Gasteiger partial charge in [0.1, 0.15) is 29.8 Å². The molecule has 0 spiro atoms. The average Bonchev–Trinajstić information content (AvgIpc) is 2.83. The van der Waals surface area contributed by atoms with Crippen LogP contribution in [0.5, 0.6) is 5.75 Å². The number of aromatic nitrogens is 2. The number of nitrogens with zero attached hydrogens (tertiary/aromatic N) is 3. The molecule has 0 radical (unpaired) electrons. The lowest BCUT2D eigenvalue weighted by atomic mass is 10.2. The third kappa shape index (κ3) is 2.47. The molecule has 0 saturated heterocycles. The molecule has 2 rings (SSSR count). The Morgan fingerprint density at radius 1 is 1.50 bits per heavy atom. The largest absolute Gasteiger partial charge is 0.484 e. The molecule has 4 nitrogen and oxygen atoms in total. The number of ether oxygens (including phenoxy) is 1. The van der Waals surface area contributed by atoms with Gasteiger partial charge in [-0.15, -0.1) is 0 Å². The van der Waals surface area contributed by atoms with E-state index in [-0.39, 0.29) is 0 Å². The molecule has 0 amide bonds. The van der Waals surface area contributed by atoms with E-state index >= 15 is 0 Å². The molecule has 92 valence electrons. The average molecular weight is 262 g/mol. The Hall–Kier alpha value is -1.99. The molecule has 0 unspecified atom stereocenters. The summed E-state index contributed by atoms with van der Waals surface area (Å²) >= 11 is 5.93. The smallest absolute Gasteiger partial charge is 0.146 e. The van der Waals surface area contributed by atoms with Gasteiger partial charge in [0.15, 0.2) is 0 Å². The number of nitriles is 1. The quantitative estimate of drug-likeness (QED) is 0.850. The molecule has 0 fully saturated rings. The molecule has 0 bridgehead atoms. The third-order valence-corrected chi connectivity index (χ3v) is 2.90. The van der Waals surface area contributed by atoms with Gasteiger partial charge in [0.2, 0.25) is 0 Å². The minimum atomic E-state index is 0.315. The normalized spacial score (nSPS) is 10.1. The van der Waals surface area contributed by atoms with Gasteiger partial charge in [0.05, 0.1) is 5.02 Å². The predicted octanol–water partition coefficient (Wildman–Crippen LogP) is 3.01. The summed E-state index contributed by atoms with van der Waals surface area (Å²) in [6.07, 6.45) is 3.62. The molecule has 0 aliphatic heterocycles. The Morgan fingerprint density at radius 2 is 2.33 bits per heavy atom. The molecule has 1 aromatic heterocycles. The molecule has 5 heteroatoms. The van der Waals surface area contributed by atoms with Crippen molar-refractivity contribution < 1.29 is 4.74 Å². The summed E-state index contributed by atoms with van der Waals surface area (Å²) in [5.41, 5.74) is 0.355. The van der Waals surface area contributed by atoms with Crippen LogP contribution in [0.1, 0.15) is 18.3 Å². The highest BCUT2D eigenvalue weighted by molar-refractivity contribution is 6.31. The third-order valence-electron chi connectivity index (χ3n) is 2.59. The summed E-state index contributed by atoms with van der Waals surface area (Å²) in [5, 5.41) is 9.42. The van der Waals surface area contributed by atoms with Crippen molar-refractivity contribution in [2.24, 2.45) is 0 Å². The van der Waals surface area contributed by atoms with Crippen LogP contribution in [-0.4, -0.2) is 9.55 Å². The van der Waals surface area contributed by atoms with Gasteiger partial charge in [-0.25, -0.2) is 4.98 Å². The molecule has 0 aliphatic carbocycles. The second-order valence-corrected chi connectivity index (χ2v) is 4.05. The number of hydrogen-bond donors (Lipinski definition) is 0. The van der Waals surface area contributed by atoms with E-state index in [9.17, 15) is 0 Å². The van der Waals surface area contributed by atoms with Gasteiger partial charge in [-0.3, -0.25) is 0 Å². The first-order valence-electron chi connectivity index (χ1n) is 5.57. The highest BCUT2D eigenvalue weighted by atomic mass is 35.5. The zero-order valence-corrected chi connectivity index (χ0v) is 10.7. The van der Waals surface area contributed by atoms with Crippen LogP contribution in [0.4, 0.5) is 0 Å². The molecule has 2 aromatic rings. The number of hydrogen-bond acceptors (Lipinski definition) is 3. The van der Waals surface area contributed by atoms with E-state index in [2.05, 4.69) is 4.98 Å². The second kappa shape index (κ2) is 5.56. The maximum atomic E-state index is 9.02. The second-order valence-electron chi connectivity index (χ2n) is 3.64. The molecular formula is C13H12ClN3O. The maximum Gasteiger partial charge on any atom is 0.146 e. The van der Waals surface area contributed by atoms with Gasteiger partial charge in [0, 0.05) is 18.9 Å². The summed E-state index contributed by atoms with van der Waals surface area (Å²) in [5.74, 6) is 1.30. The zero-order valence-electron chi connectivity index (χ0n) is 9.93. The summed E-state index contributed by atoms with van der Waals surface area (Å²) in [7, 11) is 0. The van der Waals surface area contributed by atoms with Crippen molar-refractivity contribution in [1.82, 2.24) is 9.55 Å². The summed E-state index contributed by atoms with van der Waals surface area (Å²) in [6.45, 7) is 3.18. The van der Waals surface area contributed by atoms with Crippen molar-refractivity contribution in [2.45, 2.75) is 20.1 Å². The fraction of sp³-hybridized carbons (Fsp3) is 0.231. The Bertz CT molecular complexity index is 586. The fourth-order valence-electron chi connectivity index (χ4n) is 1.64. The SMILES string of the molecule is CCn1ccnc1COc1cccc(Cl)c1C#N. The number of imidazole rings is 1. The first-order valence-corrected chi connectivity index (χ1v) is 5.95. The monoisotopic (exact) mass is 261 g/mol. The number of halogens is 1. The van der Waals surface area contributed by atoms with Crippen LogP contribution in [0.2, 0.25) is 5.02 Å². The van der Waals surface area contributed by atoms with E-state index in [1.54, 1.807) is 24.4 Å². The minimum absolute atomic E-state index is 0.315. The molecule has 18 heavy (non-hydrogen) atoms. The van der Waals surface area contributed by atoms with Gasteiger partial charge >= 0.3 is 0 Å². The molecular weight excluding hydrogens is 250 g/mol. The van der Waals surface area contributed by atoms with Crippen molar-refractivity contribution >= 4 is 11.6 Å². The van der Waals surface area contributed by atoms with E-state index < -0.39 is 0 Å². The van der Waals surface area contributed by atoms with Crippen LogP contribution >= 0.6 is 11.6 Å². The van der Waals surface area contributed by atoms with Crippen molar-refractivity contribution in [3.05, 3.63) is 47.0 Å². The Balaban J connectivity index is 2.16. The number of rotatable bonds is 4. The lowest BCUT2D eigenvalue weighted by molar-refractivity contribution is 0.289. The molecule has 0 atom stereocenters. The van der Waals surface area contributed by atoms with Crippen molar-refractivity contribution in [1.29, 1.82) is 5.26 Å². The van der Waals surface area contributed by atoms with Crippen LogP contribution in [0.25, 0.3) is 0 Å².